The Labute approximate surface area is 151 Å². The van der Waals surface area contributed by atoms with Crippen molar-refractivity contribution in [2.75, 3.05) is 0 Å². The van der Waals surface area contributed by atoms with Gasteiger partial charge in [0.1, 0.15) is 5.69 Å². The van der Waals surface area contributed by atoms with Gasteiger partial charge >= 0.3 is 0 Å². The Hall–Kier alpha value is -3.34. The third kappa shape index (κ3) is 2.88. The molecular formula is C21H20N4O. The van der Waals surface area contributed by atoms with Crippen LogP contribution < -0.4 is 5.32 Å². The van der Waals surface area contributed by atoms with Crippen LogP contribution in [0.25, 0.3) is 22.6 Å². The smallest absolute Gasteiger partial charge is 0.253 e. The molecule has 1 N–H and O–H groups in total. The van der Waals surface area contributed by atoms with E-state index in [1.807, 2.05) is 96.0 Å². The number of carbonyl (C=O) groups excluding carboxylic acids is 1. The summed E-state index contributed by atoms with van der Waals surface area (Å²) in [6, 6.07) is 19.8. The molecule has 0 aliphatic rings. The van der Waals surface area contributed by atoms with Crippen LogP contribution in [0.15, 0.2) is 73.1 Å². The van der Waals surface area contributed by atoms with Crippen LogP contribution in [0.2, 0.25) is 0 Å². The number of hydrogen-bond donors (Lipinski definition) is 1. The number of nitrogens with one attached hydrogen (secondary N) is 1. The molecule has 0 fully saturated rings. The molecular weight excluding hydrogens is 324 g/mol. The van der Waals surface area contributed by atoms with E-state index >= 15 is 0 Å². The standard InChI is InChI=1S/C21H20N4O/c1-15(2)22-21(26)17-14-20(24-12-7-6-10-19(17)24)18-11-13-25(23-18)16-8-4-3-5-9-16/h3-15H,1-2H3,(H,22,26). The fourth-order valence-electron chi connectivity index (χ4n) is 3.06. The first-order valence-electron chi connectivity index (χ1n) is 8.66. The fourth-order valence-corrected chi connectivity index (χ4v) is 3.06. The number of rotatable bonds is 4. The number of carbonyl (C=O) groups is 1. The highest BCUT2D eigenvalue weighted by Gasteiger charge is 2.18. The van der Waals surface area contributed by atoms with Gasteiger partial charge < -0.3 is 9.72 Å². The summed E-state index contributed by atoms with van der Waals surface area (Å²) in [6.07, 6.45) is 3.89. The van der Waals surface area contributed by atoms with E-state index in [1.54, 1.807) is 0 Å². The molecule has 4 rings (SSSR count). The maximum Gasteiger partial charge on any atom is 0.253 e. The van der Waals surface area contributed by atoms with E-state index in [4.69, 9.17) is 5.10 Å². The number of aromatic nitrogens is 3. The van der Waals surface area contributed by atoms with Crippen LogP contribution in [-0.2, 0) is 0 Å². The minimum atomic E-state index is -0.0718. The summed E-state index contributed by atoms with van der Waals surface area (Å²) in [7, 11) is 0. The van der Waals surface area contributed by atoms with Crippen molar-refractivity contribution >= 4 is 11.4 Å². The lowest BCUT2D eigenvalue weighted by atomic mass is 10.2. The van der Waals surface area contributed by atoms with Crippen LogP contribution in [-0.4, -0.2) is 26.1 Å². The number of nitrogens with zero attached hydrogens (tertiary/aromatic N) is 3. The van der Waals surface area contributed by atoms with E-state index in [2.05, 4.69) is 5.32 Å². The van der Waals surface area contributed by atoms with E-state index in [0.29, 0.717) is 5.56 Å². The quantitative estimate of drug-likeness (QED) is 0.610. The average Bonchev–Trinajstić information content (AvgIpc) is 3.27. The molecule has 1 aromatic carbocycles. The van der Waals surface area contributed by atoms with Gasteiger partial charge in [0.05, 0.1) is 22.5 Å². The molecule has 0 atom stereocenters. The fraction of sp³-hybridized carbons (Fsp3) is 0.143. The first kappa shape index (κ1) is 16.1. The molecule has 1 amide bonds. The number of pyridine rings is 1. The van der Waals surface area contributed by atoms with Crippen molar-refractivity contribution in [3.8, 4) is 17.1 Å². The lowest BCUT2D eigenvalue weighted by Crippen LogP contribution is -2.29. The second-order valence-electron chi connectivity index (χ2n) is 6.51. The highest BCUT2D eigenvalue weighted by molar-refractivity contribution is 6.02. The summed E-state index contributed by atoms with van der Waals surface area (Å²) in [5.74, 6) is -0.0718. The summed E-state index contributed by atoms with van der Waals surface area (Å²) < 4.78 is 3.85. The van der Waals surface area contributed by atoms with Crippen LogP contribution >= 0.6 is 0 Å². The highest BCUT2D eigenvalue weighted by Crippen LogP contribution is 2.26. The molecule has 3 aromatic heterocycles. The zero-order chi connectivity index (χ0) is 18.1. The van der Waals surface area contributed by atoms with Crippen LogP contribution in [0.4, 0.5) is 0 Å². The monoisotopic (exact) mass is 344 g/mol. The molecule has 3 heterocycles. The van der Waals surface area contributed by atoms with E-state index in [0.717, 1.165) is 22.6 Å². The normalized spacial score (nSPS) is 11.2. The van der Waals surface area contributed by atoms with Gasteiger partial charge in [0.25, 0.3) is 5.91 Å². The minimum Gasteiger partial charge on any atom is -0.350 e. The van der Waals surface area contributed by atoms with Gasteiger partial charge in [-0.2, -0.15) is 5.10 Å². The van der Waals surface area contributed by atoms with Crippen LogP contribution in [0.3, 0.4) is 0 Å². The highest BCUT2D eigenvalue weighted by atomic mass is 16.1. The molecule has 0 saturated carbocycles. The predicted octanol–water partition coefficient (Wildman–Crippen LogP) is 3.93. The molecule has 0 aliphatic carbocycles. The molecule has 0 bridgehead atoms. The average molecular weight is 344 g/mol. The van der Waals surface area contributed by atoms with Crippen molar-refractivity contribution in [3.63, 3.8) is 0 Å². The van der Waals surface area contributed by atoms with E-state index in [9.17, 15) is 4.79 Å². The Morgan fingerprint density at radius 1 is 1.00 bits per heavy atom. The van der Waals surface area contributed by atoms with Crippen LogP contribution in [0, 0.1) is 0 Å². The molecule has 0 aliphatic heterocycles. The number of benzene rings is 1. The maximum absolute atomic E-state index is 12.6. The first-order valence-corrected chi connectivity index (χ1v) is 8.66. The van der Waals surface area contributed by atoms with Crippen molar-refractivity contribution < 1.29 is 4.79 Å². The molecule has 130 valence electrons. The second kappa shape index (κ2) is 6.52. The summed E-state index contributed by atoms with van der Waals surface area (Å²) >= 11 is 0. The zero-order valence-corrected chi connectivity index (χ0v) is 14.8. The lowest BCUT2D eigenvalue weighted by molar-refractivity contribution is 0.0945. The molecule has 5 heteroatoms. The van der Waals surface area contributed by atoms with Crippen LogP contribution in [0.1, 0.15) is 24.2 Å². The van der Waals surface area contributed by atoms with Crippen LogP contribution in [0.5, 0.6) is 0 Å². The topological polar surface area (TPSA) is 51.3 Å². The maximum atomic E-state index is 12.6. The van der Waals surface area contributed by atoms with Crippen molar-refractivity contribution in [2.24, 2.45) is 0 Å². The summed E-state index contributed by atoms with van der Waals surface area (Å²) in [6.45, 7) is 3.91. The van der Waals surface area contributed by atoms with Gasteiger partial charge in [0, 0.05) is 18.4 Å². The summed E-state index contributed by atoms with van der Waals surface area (Å²) in [4.78, 5) is 12.6. The Morgan fingerprint density at radius 2 is 1.77 bits per heavy atom. The number of para-hydroxylation sites is 1. The molecule has 26 heavy (non-hydrogen) atoms. The molecule has 5 nitrogen and oxygen atoms in total. The largest absolute Gasteiger partial charge is 0.350 e. The van der Waals surface area contributed by atoms with E-state index in [-0.39, 0.29) is 11.9 Å². The van der Waals surface area contributed by atoms with Gasteiger partial charge in [0.2, 0.25) is 0 Å². The number of amides is 1. The van der Waals surface area contributed by atoms with Crippen molar-refractivity contribution in [3.05, 3.63) is 78.6 Å². The third-order valence-electron chi connectivity index (χ3n) is 4.21. The van der Waals surface area contributed by atoms with Crippen molar-refractivity contribution in [2.45, 2.75) is 19.9 Å². The van der Waals surface area contributed by atoms with E-state index in [1.165, 1.54) is 0 Å². The third-order valence-corrected chi connectivity index (χ3v) is 4.21. The summed E-state index contributed by atoms with van der Waals surface area (Å²) in [5, 5.41) is 7.67. The van der Waals surface area contributed by atoms with E-state index < -0.39 is 0 Å². The summed E-state index contributed by atoms with van der Waals surface area (Å²) in [5.41, 5.74) is 4.23. The molecule has 4 aromatic rings. The molecule has 0 spiro atoms. The van der Waals surface area contributed by atoms with Gasteiger partial charge in [-0.1, -0.05) is 24.3 Å². The van der Waals surface area contributed by atoms with Gasteiger partial charge in [-0.3, -0.25) is 4.79 Å². The van der Waals surface area contributed by atoms with Gasteiger partial charge in [-0.25, -0.2) is 4.68 Å². The number of hydrogen-bond acceptors (Lipinski definition) is 2. The van der Waals surface area contributed by atoms with Crippen molar-refractivity contribution in [1.82, 2.24) is 19.5 Å². The van der Waals surface area contributed by atoms with Gasteiger partial charge in [-0.15, -0.1) is 0 Å². The van der Waals surface area contributed by atoms with Crippen molar-refractivity contribution in [1.29, 1.82) is 0 Å². The SMILES string of the molecule is CC(C)NC(=O)c1cc(-c2ccn(-c3ccccc3)n2)n2ccccc12. The Morgan fingerprint density at radius 3 is 2.54 bits per heavy atom. The molecule has 0 saturated heterocycles. The Balaban J connectivity index is 1.80. The zero-order valence-electron chi connectivity index (χ0n) is 14.8. The Kier molecular flexibility index (Phi) is 4.05. The number of fused-ring (bicyclic) bond motifs is 1. The predicted molar refractivity (Wildman–Crippen MR) is 103 cm³/mol. The molecule has 0 radical (unpaired) electrons. The first-order chi connectivity index (χ1) is 12.6. The minimum absolute atomic E-state index is 0.0718. The second-order valence-corrected chi connectivity index (χ2v) is 6.51. The van der Waals surface area contributed by atoms with Gasteiger partial charge in [0.15, 0.2) is 0 Å². The lowest BCUT2D eigenvalue weighted by Gasteiger charge is -2.07. The van der Waals surface area contributed by atoms with Gasteiger partial charge in [-0.05, 0) is 50.2 Å². The Bertz CT molecular complexity index is 1060. The molecule has 0 unspecified atom stereocenters.